The number of nitrogens with zero attached hydrogens (tertiary/aromatic N) is 2. The predicted molar refractivity (Wildman–Crippen MR) is 86.3 cm³/mol. The molecule has 3 rings (SSSR count). The number of thiophene rings is 1. The number of imidazole rings is 1. The van der Waals surface area contributed by atoms with Gasteiger partial charge in [0, 0.05) is 23.7 Å². The van der Waals surface area contributed by atoms with E-state index in [4.69, 9.17) is 0 Å². The van der Waals surface area contributed by atoms with Gasteiger partial charge in [-0.15, -0.1) is 11.3 Å². The number of rotatable bonds is 6. The standard InChI is InChI=1S/C16H19N3S/c1-2-3-8-19-12-18-15-10-13(6-7-16(15)19)17-11-14-5-4-9-20-14/h4-7,9-10,12,17H,2-3,8,11H2,1H3. The lowest BCUT2D eigenvalue weighted by molar-refractivity contribution is 0.646. The maximum absolute atomic E-state index is 4.50. The van der Waals surface area contributed by atoms with Gasteiger partial charge in [0.25, 0.3) is 0 Å². The summed E-state index contributed by atoms with van der Waals surface area (Å²) in [6, 6.07) is 10.7. The largest absolute Gasteiger partial charge is 0.380 e. The van der Waals surface area contributed by atoms with Crippen molar-refractivity contribution in [2.45, 2.75) is 32.9 Å². The molecule has 2 aromatic heterocycles. The quantitative estimate of drug-likeness (QED) is 0.722. The highest BCUT2D eigenvalue weighted by atomic mass is 32.1. The van der Waals surface area contributed by atoms with Crippen LogP contribution in [0.15, 0.2) is 42.0 Å². The summed E-state index contributed by atoms with van der Waals surface area (Å²) in [4.78, 5) is 5.85. The van der Waals surface area contributed by atoms with Crippen molar-refractivity contribution in [3.63, 3.8) is 0 Å². The van der Waals surface area contributed by atoms with Crippen molar-refractivity contribution in [3.05, 3.63) is 46.9 Å². The van der Waals surface area contributed by atoms with Gasteiger partial charge in [0.05, 0.1) is 17.4 Å². The van der Waals surface area contributed by atoms with Crippen LogP contribution in [0.4, 0.5) is 5.69 Å². The summed E-state index contributed by atoms with van der Waals surface area (Å²) in [5.74, 6) is 0. The summed E-state index contributed by atoms with van der Waals surface area (Å²) >= 11 is 1.78. The van der Waals surface area contributed by atoms with Crippen molar-refractivity contribution in [1.29, 1.82) is 0 Å². The Morgan fingerprint density at radius 1 is 1.30 bits per heavy atom. The summed E-state index contributed by atoms with van der Waals surface area (Å²) in [5, 5.41) is 5.56. The van der Waals surface area contributed by atoms with Gasteiger partial charge in [-0.3, -0.25) is 0 Å². The molecule has 3 nitrogen and oxygen atoms in total. The minimum absolute atomic E-state index is 0.875. The van der Waals surface area contributed by atoms with E-state index in [1.807, 2.05) is 6.33 Å². The molecular formula is C16H19N3S. The second kappa shape index (κ2) is 6.09. The highest BCUT2D eigenvalue weighted by Crippen LogP contribution is 2.20. The Morgan fingerprint density at radius 2 is 2.25 bits per heavy atom. The molecule has 0 unspecified atom stereocenters. The molecule has 0 atom stereocenters. The maximum Gasteiger partial charge on any atom is 0.0958 e. The number of anilines is 1. The number of benzene rings is 1. The smallest absolute Gasteiger partial charge is 0.0958 e. The zero-order chi connectivity index (χ0) is 13.8. The lowest BCUT2D eigenvalue weighted by Crippen LogP contribution is -1.98. The van der Waals surface area contributed by atoms with E-state index in [-0.39, 0.29) is 0 Å². The van der Waals surface area contributed by atoms with Gasteiger partial charge in [-0.05, 0) is 36.1 Å². The molecule has 3 aromatic rings. The third kappa shape index (κ3) is 2.85. The van der Waals surface area contributed by atoms with Gasteiger partial charge in [0.1, 0.15) is 0 Å². The first-order chi connectivity index (χ1) is 9.86. The zero-order valence-electron chi connectivity index (χ0n) is 11.7. The lowest BCUT2D eigenvalue weighted by atomic mass is 10.2. The monoisotopic (exact) mass is 285 g/mol. The molecular weight excluding hydrogens is 266 g/mol. The predicted octanol–water partition coefficient (Wildman–Crippen LogP) is 4.51. The van der Waals surface area contributed by atoms with Gasteiger partial charge in [-0.25, -0.2) is 4.98 Å². The minimum atomic E-state index is 0.875. The fraction of sp³-hybridized carbons (Fsp3) is 0.312. The van der Waals surface area contributed by atoms with Crippen LogP contribution in [0.1, 0.15) is 24.6 Å². The molecule has 104 valence electrons. The second-order valence-electron chi connectivity index (χ2n) is 4.93. The van der Waals surface area contributed by atoms with Gasteiger partial charge < -0.3 is 9.88 Å². The van der Waals surface area contributed by atoms with Crippen LogP contribution in [0.3, 0.4) is 0 Å². The Bertz CT molecular complexity index is 670. The Balaban J connectivity index is 1.74. The first kappa shape index (κ1) is 13.2. The molecule has 4 heteroatoms. The van der Waals surface area contributed by atoms with Crippen molar-refractivity contribution in [2.75, 3.05) is 5.32 Å². The van der Waals surface area contributed by atoms with E-state index in [9.17, 15) is 0 Å². The molecule has 0 aliphatic rings. The number of aromatic nitrogens is 2. The van der Waals surface area contributed by atoms with Crippen LogP contribution in [-0.2, 0) is 13.1 Å². The first-order valence-electron chi connectivity index (χ1n) is 7.08. The highest BCUT2D eigenvalue weighted by molar-refractivity contribution is 7.09. The molecule has 0 saturated heterocycles. The number of unbranched alkanes of at least 4 members (excludes halogenated alkanes) is 1. The Labute approximate surface area is 123 Å². The second-order valence-corrected chi connectivity index (χ2v) is 5.96. The third-order valence-corrected chi connectivity index (χ3v) is 4.30. The van der Waals surface area contributed by atoms with E-state index in [0.29, 0.717) is 0 Å². The van der Waals surface area contributed by atoms with Gasteiger partial charge in [0.15, 0.2) is 0 Å². The zero-order valence-corrected chi connectivity index (χ0v) is 12.5. The molecule has 0 bridgehead atoms. The van der Waals surface area contributed by atoms with Crippen molar-refractivity contribution < 1.29 is 0 Å². The van der Waals surface area contributed by atoms with Gasteiger partial charge in [0.2, 0.25) is 0 Å². The fourth-order valence-electron chi connectivity index (χ4n) is 2.28. The van der Waals surface area contributed by atoms with Crippen LogP contribution in [0.2, 0.25) is 0 Å². The summed E-state index contributed by atoms with van der Waals surface area (Å²) in [6.07, 6.45) is 4.35. The number of fused-ring (bicyclic) bond motifs is 1. The highest BCUT2D eigenvalue weighted by Gasteiger charge is 2.03. The van der Waals surface area contributed by atoms with Crippen molar-refractivity contribution >= 4 is 28.1 Å². The number of hydrogen-bond donors (Lipinski definition) is 1. The van der Waals surface area contributed by atoms with E-state index in [1.54, 1.807) is 11.3 Å². The van der Waals surface area contributed by atoms with E-state index >= 15 is 0 Å². The maximum atomic E-state index is 4.50. The van der Waals surface area contributed by atoms with Crippen LogP contribution >= 0.6 is 11.3 Å². The number of hydrogen-bond acceptors (Lipinski definition) is 3. The average molecular weight is 285 g/mol. The van der Waals surface area contributed by atoms with E-state index < -0.39 is 0 Å². The summed E-state index contributed by atoms with van der Waals surface area (Å²) in [7, 11) is 0. The third-order valence-electron chi connectivity index (χ3n) is 3.42. The molecule has 20 heavy (non-hydrogen) atoms. The Hall–Kier alpha value is -1.81. The molecule has 0 radical (unpaired) electrons. The summed E-state index contributed by atoms with van der Waals surface area (Å²) in [6.45, 7) is 4.14. The minimum Gasteiger partial charge on any atom is -0.380 e. The summed E-state index contributed by atoms with van der Waals surface area (Å²) < 4.78 is 2.24. The van der Waals surface area contributed by atoms with E-state index in [1.165, 1.54) is 23.2 Å². The van der Waals surface area contributed by atoms with Gasteiger partial charge >= 0.3 is 0 Å². The molecule has 0 amide bonds. The Morgan fingerprint density at radius 3 is 3.05 bits per heavy atom. The topological polar surface area (TPSA) is 29.9 Å². The van der Waals surface area contributed by atoms with E-state index in [0.717, 1.165) is 24.3 Å². The molecule has 0 saturated carbocycles. The molecule has 2 heterocycles. The molecule has 1 aromatic carbocycles. The van der Waals surface area contributed by atoms with Gasteiger partial charge in [-0.1, -0.05) is 19.4 Å². The van der Waals surface area contributed by atoms with Gasteiger partial charge in [-0.2, -0.15) is 0 Å². The van der Waals surface area contributed by atoms with Crippen LogP contribution in [0.25, 0.3) is 11.0 Å². The first-order valence-corrected chi connectivity index (χ1v) is 7.96. The number of nitrogens with one attached hydrogen (secondary N) is 1. The van der Waals surface area contributed by atoms with Crippen LogP contribution in [0.5, 0.6) is 0 Å². The lowest BCUT2D eigenvalue weighted by Gasteiger charge is -2.06. The molecule has 0 spiro atoms. The van der Waals surface area contributed by atoms with Crippen LogP contribution in [0, 0.1) is 0 Å². The number of aryl methyl sites for hydroxylation is 1. The van der Waals surface area contributed by atoms with Crippen LogP contribution < -0.4 is 5.32 Å². The molecule has 1 N–H and O–H groups in total. The normalized spacial score (nSPS) is 11.1. The average Bonchev–Trinajstić information content (AvgIpc) is 3.12. The van der Waals surface area contributed by atoms with Crippen molar-refractivity contribution in [3.8, 4) is 0 Å². The van der Waals surface area contributed by atoms with Crippen LogP contribution in [-0.4, -0.2) is 9.55 Å². The molecule has 0 fully saturated rings. The SMILES string of the molecule is CCCCn1cnc2cc(NCc3cccs3)ccc21. The fourth-order valence-corrected chi connectivity index (χ4v) is 2.93. The van der Waals surface area contributed by atoms with Crippen molar-refractivity contribution in [1.82, 2.24) is 9.55 Å². The summed E-state index contributed by atoms with van der Waals surface area (Å²) in [5.41, 5.74) is 3.42. The molecule has 0 aliphatic carbocycles. The van der Waals surface area contributed by atoms with Crippen molar-refractivity contribution in [2.24, 2.45) is 0 Å². The molecule has 0 aliphatic heterocycles. The Kier molecular flexibility index (Phi) is 4.02. The van der Waals surface area contributed by atoms with E-state index in [2.05, 4.69) is 57.5 Å².